The summed E-state index contributed by atoms with van der Waals surface area (Å²) in [6.07, 6.45) is 2.48. The number of anilines is 1. The molecule has 3 aromatic rings. The van der Waals surface area contributed by atoms with E-state index in [0.717, 1.165) is 20.6 Å². The number of ether oxygens (including phenoxy) is 2. The van der Waals surface area contributed by atoms with Crippen molar-refractivity contribution in [2.75, 3.05) is 23.7 Å². The third-order valence-electron chi connectivity index (χ3n) is 4.78. The fourth-order valence-corrected chi connectivity index (χ4v) is 4.33. The number of hydrazone groups is 1. The molecular weight excluding hydrogens is 570 g/mol. The molecule has 0 aliphatic carbocycles. The number of hydrogen-bond acceptors (Lipinski definition) is 6. The maximum atomic E-state index is 12.4. The molecule has 0 saturated carbocycles. The summed E-state index contributed by atoms with van der Waals surface area (Å²) in [6.45, 7) is 2.23. The van der Waals surface area contributed by atoms with E-state index in [9.17, 15) is 13.2 Å². The summed E-state index contributed by atoms with van der Waals surface area (Å²) in [6, 6.07) is 19.2. The first-order valence-corrected chi connectivity index (χ1v) is 13.9. The number of amides is 1. The van der Waals surface area contributed by atoms with Crippen LogP contribution in [0.25, 0.3) is 0 Å². The third-order valence-corrected chi connectivity index (χ3v) is 6.70. The second kappa shape index (κ2) is 12.8. The minimum atomic E-state index is -3.68. The first-order valence-electron chi connectivity index (χ1n) is 10.8. The smallest absolute Gasteiger partial charge is 0.260 e. The summed E-state index contributed by atoms with van der Waals surface area (Å²) in [5, 5.41) is 4.61. The minimum absolute atomic E-state index is 0.343. The van der Waals surface area contributed by atoms with Crippen LogP contribution in [0.4, 0.5) is 5.69 Å². The number of hydrogen-bond donors (Lipinski definition) is 1. The van der Waals surface area contributed by atoms with Gasteiger partial charge >= 0.3 is 0 Å². The van der Waals surface area contributed by atoms with Gasteiger partial charge in [0.15, 0.2) is 11.5 Å². The standard InChI is InChI=1S/C25H25BrClN3O5S/c1-3-34-24-14-19(6-13-23(24)35-17-18-4-9-21(27)10-5-18)15-28-29-25(31)16-30(36(2,32)33)22-11-7-20(26)8-12-22/h4-15H,3,16-17H2,1-2H3,(H,29,31)/b28-15-. The molecule has 0 saturated heterocycles. The maximum Gasteiger partial charge on any atom is 0.260 e. The third kappa shape index (κ3) is 8.25. The zero-order chi connectivity index (χ0) is 26.1. The lowest BCUT2D eigenvalue weighted by Crippen LogP contribution is -2.39. The molecule has 190 valence electrons. The Morgan fingerprint density at radius 3 is 2.39 bits per heavy atom. The first-order chi connectivity index (χ1) is 17.2. The van der Waals surface area contributed by atoms with Gasteiger partial charge in [0.2, 0.25) is 10.0 Å². The van der Waals surface area contributed by atoms with E-state index in [1.807, 2.05) is 19.1 Å². The van der Waals surface area contributed by atoms with Crippen molar-refractivity contribution in [3.05, 3.63) is 87.4 Å². The van der Waals surface area contributed by atoms with Crippen LogP contribution in [0, 0.1) is 0 Å². The van der Waals surface area contributed by atoms with Crippen LogP contribution in [0.15, 0.2) is 76.3 Å². The van der Waals surface area contributed by atoms with Crippen LogP contribution < -0.4 is 19.2 Å². The van der Waals surface area contributed by atoms with Crippen molar-refractivity contribution in [2.45, 2.75) is 13.5 Å². The van der Waals surface area contributed by atoms with Gasteiger partial charge in [-0.05, 0) is 72.6 Å². The van der Waals surface area contributed by atoms with Crippen molar-refractivity contribution in [2.24, 2.45) is 5.10 Å². The molecule has 0 bridgehead atoms. The van der Waals surface area contributed by atoms with Gasteiger partial charge in [0.1, 0.15) is 13.2 Å². The molecule has 0 spiro atoms. The van der Waals surface area contributed by atoms with E-state index in [1.54, 1.807) is 54.6 Å². The molecule has 1 N–H and O–H groups in total. The molecule has 0 heterocycles. The molecule has 8 nitrogen and oxygen atoms in total. The molecule has 36 heavy (non-hydrogen) atoms. The second-order valence-electron chi connectivity index (χ2n) is 7.59. The normalized spacial score (nSPS) is 11.3. The van der Waals surface area contributed by atoms with Crippen LogP contribution in [0.5, 0.6) is 11.5 Å². The highest BCUT2D eigenvalue weighted by molar-refractivity contribution is 9.10. The fraction of sp³-hybridized carbons (Fsp3) is 0.200. The van der Waals surface area contributed by atoms with Gasteiger partial charge in [-0.3, -0.25) is 9.10 Å². The molecule has 0 aliphatic heterocycles. The molecule has 11 heteroatoms. The Kier molecular flexibility index (Phi) is 9.74. The van der Waals surface area contributed by atoms with E-state index in [1.165, 1.54) is 6.21 Å². The number of carbonyl (C=O) groups excluding carboxylic acids is 1. The summed E-state index contributed by atoms with van der Waals surface area (Å²) < 4.78 is 37.8. The highest BCUT2D eigenvalue weighted by atomic mass is 79.9. The number of rotatable bonds is 11. The van der Waals surface area contributed by atoms with Crippen molar-refractivity contribution >= 4 is 55.4 Å². The Morgan fingerprint density at radius 1 is 1.06 bits per heavy atom. The maximum absolute atomic E-state index is 12.4. The zero-order valence-corrected chi connectivity index (χ0v) is 22.8. The van der Waals surface area contributed by atoms with Crippen LogP contribution in [0.3, 0.4) is 0 Å². The second-order valence-corrected chi connectivity index (χ2v) is 10.9. The van der Waals surface area contributed by atoms with Gasteiger partial charge in [0, 0.05) is 9.50 Å². The number of carbonyl (C=O) groups is 1. The SMILES string of the molecule is CCOc1cc(/C=N\NC(=O)CN(c2ccc(Br)cc2)S(C)(=O)=O)ccc1OCc1ccc(Cl)cc1. The van der Waals surface area contributed by atoms with Crippen LogP contribution >= 0.6 is 27.5 Å². The topological polar surface area (TPSA) is 97.3 Å². The van der Waals surface area contributed by atoms with Gasteiger partial charge in [-0.25, -0.2) is 13.8 Å². The lowest BCUT2D eigenvalue weighted by atomic mass is 10.2. The zero-order valence-electron chi connectivity index (χ0n) is 19.6. The number of nitrogens with one attached hydrogen (secondary N) is 1. The van der Waals surface area contributed by atoms with Crippen molar-refractivity contribution in [3.8, 4) is 11.5 Å². The van der Waals surface area contributed by atoms with Gasteiger partial charge in [-0.1, -0.05) is 39.7 Å². The van der Waals surface area contributed by atoms with Crippen LogP contribution in [-0.2, 0) is 21.4 Å². The highest BCUT2D eigenvalue weighted by Crippen LogP contribution is 2.29. The van der Waals surface area contributed by atoms with E-state index in [0.29, 0.717) is 41.0 Å². The molecule has 0 aliphatic rings. The summed E-state index contributed by atoms with van der Waals surface area (Å²) in [7, 11) is -3.68. The van der Waals surface area contributed by atoms with Gasteiger partial charge in [0.05, 0.1) is 24.8 Å². The van der Waals surface area contributed by atoms with Gasteiger partial charge in [-0.15, -0.1) is 0 Å². The first kappa shape index (κ1) is 27.5. The van der Waals surface area contributed by atoms with Gasteiger partial charge < -0.3 is 9.47 Å². The minimum Gasteiger partial charge on any atom is -0.490 e. The quantitative estimate of drug-likeness (QED) is 0.249. The summed E-state index contributed by atoms with van der Waals surface area (Å²) in [4.78, 5) is 12.4. The van der Waals surface area contributed by atoms with Crippen molar-refractivity contribution in [1.82, 2.24) is 5.43 Å². The average molecular weight is 595 g/mol. The molecule has 0 aromatic heterocycles. The summed E-state index contributed by atoms with van der Waals surface area (Å²) in [5.74, 6) is 0.499. The van der Waals surface area contributed by atoms with E-state index in [2.05, 4.69) is 26.5 Å². The molecular formula is C25H25BrClN3O5S. The fourth-order valence-electron chi connectivity index (χ4n) is 3.09. The van der Waals surface area contributed by atoms with E-state index in [-0.39, 0.29) is 0 Å². The Bertz CT molecular complexity index is 1320. The lowest BCUT2D eigenvalue weighted by molar-refractivity contribution is -0.119. The van der Waals surface area contributed by atoms with Gasteiger partial charge in [-0.2, -0.15) is 5.10 Å². The number of halogens is 2. The average Bonchev–Trinajstić information content (AvgIpc) is 2.83. The molecule has 0 unspecified atom stereocenters. The molecule has 0 atom stereocenters. The Hall–Kier alpha value is -3.08. The van der Waals surface area contributed by atoms with E-state index >= 15 is 0 Å². The Morgan fingerprint density at radius 2 is 1.75 bits per heavy atom. The summed E-state index contributed by atoms with van der Waals surface area (Å²) in [5.41, 5.74) is 4.35. The van der Waals surface area contributed by atoms with Crippen LogP contribution in [0.2, 0.25) is 5.02 Å². The monoisotopic (exact) mass is 593 g/mol. The molecule has 1 amide bonds. The van der Waals surface area contributed by atoms with Gasteiger partial charge in [0.25, 0.3) is 5.91 Å². The Balaban J connectivity index is 1.64. The predicted octanol–water partition coefficient (Wildman–Crippen LogP) is 5.00. The Labute approximate surface area is 224 Å². The number of nitrogens with zero attached hydrogens (tertiary/aromatic N) is 2. The van der Waals surface area contributed by atoms with E-state index in [4.69, 9.17) is 21.1 Å². The van der Waals surface area contributed by atoms with E-state index < -0.39 is 22.5 Å². The number of sulfonamides is 1. The lowest BCUT2D eigenvalue weighted by Gasteiger charge is -2.21. The van der Waals surface area contributed by atoms with Crippen molar-refractivity contribution in [3.63, 3.8) is 0 Å². The molecule has 0 fully saturated rings. The predicted molar refractivity (Wildman–Crippen MR) is 145 cm³/mol. The summed E-state index contributed by atoms with van der Waals surface area (Å²) >= 11 is 9.23. The molecule has 3 aromatic carbocycles. The molecule has 3 rings (SSSR count). The van der Waals surface area contributed by atoms with Crippen molar-refractivity contribution < 1.29 is 22.7 Å². The highest BCUT2D eigenvalue weighted by Gasteiger charge is 2.20. The van der Waals surface area contributed by atoms with Crippen LogP contribution in [0.1, 0.15) is 18.1 Å². The number of benzene rings is 3. The van der Waals surface area contributed by atoms with Crippen molar-refractivity contribution in [1.29, 1.82) is 0 Å². The van der Waals surface area contributed by atoms with Crippen LogP contribution in [-0.4, -0.2) is 39.9 Å². The largest absolute Gasteiger partial charge is 0.490 e. The molecule has 0 radical (unpaired) electrons.